The van der Waals surface area contributed by atoms with Gasteiger partial charge < -0.3 is 10.0 Å². The molecule has 0 fully saturated rings. The molecule has 1 rings (SSSR count). The molecule has 14 heavy (non-hydrogen) atoms. The molecule has 0 atom stereocenters. The molecule has 0 aliphatic carbocycles. The van der Waals surface area contributed by atoms with Crippen LogP contribution in [-0.4, -0.2) is 34.6 Å². The molecule has 4 nitrogen and oxygen atoms in total. The number of rotatable bonds is 5. The van der Waals surface area contributed by atoms with E-state index in [0.717, 1.165) is 25.2 Å². The Labute approximate surface area is 87.2 Å². The van der Waals surface area contributed by atoms with Crippen LogP contribution in [-0.2, 0) is 6.54 Å². The summed E-state index contributed by atoms with van der Waals surface area (Å²) in [6.07, 6.45) is 1.09. The molecule has 78 valence electrons. The molecule has 0 spiro atoms. The van der Waals surface area contributed by atoms with Crippen LogP contribution in [0.5, 0.6) is 0 Å². The van der Waals surface area contributed by atoms with Gasteiger partial charge in [-0.25, -0.2) is 9.78 Å². The minimum Gasteiger partial charge on any atom is -0.476 e. The van der Waals surface area contributed by atoms with Crippen molar-refractivity contribution in [2.45, 2.75) is 19.9 Å². The lowest BCUT2D eigenvalue weighted by atomic mass is 10.4. The van der Waals surface area contributed by atoms with Gasteiger partial charge in [0.2, 0.25) is 5.01 Å². The summed E-state index contributed by atoms with van der Waals surface area (Å²) in [5.74, 6) is -0.945. The summed E-state index contributed by atoms with van der Waals surface area (Å²) < 4.78 is 0. The van der Waals surface area contributed by atoms with Gasteiger partial charge in [0, 0.05) is 11.9 Å². The largest absolute Gasteiger partial charge is 0.476 e. The molecule has 0 aliphatic rings. The van der Waals surface area contributed by atoms with Crippen molar-refractivity contribution >= 4 is 17.3 Å². The third-order valence-corrected chi connectivity index (χ3v) is 2.65. The molecule has 0 aliphatic heterocycles. The van der Waals surface area contributed by atoms with Crippen LogP contribution in [0.4, 0.5) is 0 Å². The molecular formula is C9H14N2O2S. The Hall–Kier alpha value is -0.940. The number of thiazole rings is 1. The molecule has 5 heteroatoms. The normalized spacial score (nSPS) is 10.8. The number of aromatic carboxylic acids is 1. The molecular weight excluding hydrogens is 200 g/mol. The van der Waals surface area contributed by atoms with E-state index in [1.54, 1.807) is 5.38 Å². The molecule has 0 saturated heterocycles. The van der Waals surface area contributed by atoms with Crippen molar-refractivity contribution in [3.63, 3.8) is 0 Å². The van der Waals surface area contributed by atoms with Gasteiger partial charge in [-0.15, -0.1) is 11.3 Å². The van der Waals surface area contributed by atoms with Crippen molar-refractivity contribution in [2.75, 3.05) is 13.6 Å². The SMILES string of the molecule is CCCN(C)Cc1csc(C(=O)O)n1. The van der Waals surface area contributed by atoms with Crippen LogP contribution in [0.1, 0.15) is 28.8 Å². The molecule has 0 radical (unpaired) electrons. The van der Waals surface area contributed by atoms with Gasteiger partial charge in [0.05, 0.1) is 5.69 Å². The van der Waals surface area contributed by atoms with E-state index in [0.29, 0.717) is 0 Å². The van der Waals surface area contributed by atoms with Gasteiger partial charge in [-0.2, -0.15) is 0 Å². The molecule has 0 saturated carbocycles. The number of carboxylic acids is 1. The Balaban J connectivity index is 2.55. The fraction of sp³-hybridized carbons (Fsp3) is 0.556. The summed E-state index contributed by atoms with van der Waals surface area (Å²) in [5.41, 5.74) is 0.836. The van der Waals surface area contributed by atoms with Crippen LogP contribution in [0, 0.1) is 0 Å². The lowest BCUT2D eigenvalue weighted by Gasteiger charge is -2.12. The van der Waals surface area contributed by atoms with Crippen molar-refractivity contribution < 1.29 is 9.90 Å². The topological polar surface area (TPSA) is 53.4 Å². The summed E-state index contributed by atoms with van der Waals surface area (Å²) in [7, 11) is 2.00. The van der Waals surface area contributed by atoms with Gasteiger partial charge in [-0.05, 0) is 20.0 Å². The second-order valence-corrected chi connectivity index (χ2v) is 4.05. The van der Waals surface area contributed by atoms with E-state index in [9.17, 15) is 4.79 Å². The van der Waals surface area contributed by atoms with Gasteiger partial charge in [0.25, 0.3) is 0 Å². The first-order valence-electron chi connectivity index (χ1n) is 4.49. The summed E-state index contributed by atoms with van der Waals surface area (Å²) in [6, 6.07) is 0. The Kier molecular flexibility index (Phi) is 4.03. The number of carboxylic acid groups (broad SMARTS) is 1. The van der Waals surface area contributed by atoms with Crippen LogP contribution in [0.15, 0.2) is 5.38 Å². The maximum atomic E-state index is 10.6. The van der Waals surface area contributed by atoms with Crippen LogP contribution in [0.2, 0.25) is 0 Å². The fourth-order valence-electron chi connectivity index (χ4n) is 1.22. The molecule has 1 N–H and O–H groups in total. The lowest BCUT2D eigenvalue weighted by molar-refractivity contribution is 0.0696. The molecule has 0 bridgehead atoms. The van der Waals surface area contributed by atoms with Crippen molar-refractivity contribution in [1.29, 1.82) is 0 Å². The van der Waals surface area contributed by atoms with Crippen LogP contribution in [0.25, 0.3) is 0 Å². The summed E-state index contributed by atoms with van der Waals surface area (Å²) in [5, 5.41) is 10.6. The van der Waals surface area contributed by atoms with Crippen molar-refractivity contribution in [3.05, 3.63) is 16.1 Å². The predicted molar refractivity (Wildman–Crippen MR) is 55.7 cm³/mol. The van der Waals surface area contributed by atoms with Crippen LogP contribution in [0.3, 0.4) is 0 Å². The Morgan fingerprint density at radius 3 is 2.93 bits per heavy atom. The maximum Gasteiger partial charge on any atom is 0.365 e. The molecule has 1 aromatic heterocycles. The molecule has 0 amide bonds. The van der Waals surface area contributed by atoms with Gasteiger partial charge in [0.15, 0.2) is 0 Å². The molecule has 1 heterocycles. The Bertz CT molecular complexity index is 312. The Morgan fingerprint density at radius 1 is 1.71 bits per heavy atom. The van der Waals surface area contributed by atoms with Gasteiger partial charge in [-0.3, -0.25) is 0 Å². The smallest absolute Gasteiger partial charge is 0.365 e. The van der Waals surface area contributed by atoms with E-state index in [-0.39, 0.29) is 5.01 Å². The zero-order valence-corrected chi connectivity index (χ0v) is 9.17. The fourth-order valence-corrected chi connectivity index (χ4v) is 1.86. The highest BCUT2D eigenvalue weighted by Crippen LogP contribution is 2.11. The van der Waals surface area contributed by atoms with Crippen LogP contribution < -0.4 is 0 Å². The molecule has 0 aromatic carbocycles. The van der Waals surface area contributed by atoms with E-state index < -0.39 is 5.97 Å². The summed E-state index contributed by atoms with van der Waals surface area (Å²) in [6.45, 7) is 3.83. The average molecular weight is 214 g/mol. The number of carbonyl (C=O) groups is 1. The maximum absolute atomic E-state index is 10.6. The van der Waals surface area contributed by atoms with E-state index in [1.165, 1.54) is 11.3 Å². The number of aromatic nitrogens is 1. The second kappa shape index (κ2) is 5.07. The standard InChI is InChI=1S/C9H14N2O2S/c1-3-4-11(2)5-7-6-14-8(10-7)9(12)13/h6H,3-5H2,1-2H3,(H,12,13). The molecule has 0 unspecified atom stereocenters. The second-order valence-electron chi connectivity index (χ2n) is 3.19. The zero-order chi connectivity index (χ0) is 10.6. The monoisotopic (exact) mass is 214 g/mol. The summed E-state index contributed by atoms with van der Waals surface area (Å²) >= 11 is 1.18. The van der Waals surface area contributed by atoms with E-state index >= 15 is 0 Å². The minimum atomic E-state index is -0.945. The number of hydrogen-bond acceptors (Lipinski definition) is 4. The number of hydrogen-bond donors (Lipinski definition) is 1. The predicted octanol–water partition coefficient (Wildman–Crippen LogP) is 1.68. The van der Waals surface area contributed by atoms with E-state index in [1.807, 2.05) is 7.05 Å². The highest BCUT2D eigenvalue weighted by Gasteiger charge is 2.09. The van der Waals surface area contributed by atoms with Crippen molar-refractivity contribution in [3.8, 4) is 0 Å². The van der Waals surface area contributed by atoms with Gasteiger partial charge in [0.1, 0.15) is 0 Å². The summed E-state index contributed by atoms with van der Waals surface area (Å²) in [4.78, 5) is 16.7. The van der Waals surface area contributed by atoms with E-state index in [4.69, 9.17) is 5.11 Å². The van der Waals surface area contributed by atoms with Crippen molar-refractivity contribution in [1.82, 2.24) is 9.88 Å². The minimum absolute atomic E-state index is 0.171. The Morgan fingerprint density at radius 2 is 2.43 bits per heavy atom. The first-order valence-corrected chi connectivity index (χ1v) is 5.37. The van der Waals surface area contributed by atoms with Crippen molar-refractivity contribution in [2.24, 2.45) is 0 Å². The highest BCUT2D eigenvalue weighted by molar-refractivity contribution is 7.11. The first kappa shape index (κ1) is 11.1. The highest BCUT2D eigenvalue weighted by atomic mass is 32.1. The quantitative estimate of drug-likeness (QED) is 0.810. The lowest BCUT2D eigenvalue weighted by Crippen LogP contribution is -2.18. The van der Waals surface area contributed by atoms with E-state index in [2.05, 4.69) is 16.8 Å². The first-order chi connectivity index (χ1) is 6.63. The third kappa shape index (κ3) is 3.08. The number of nitrogens with zero attached hydrogens (tertiary/aromatic N) is 2. The average Bonchev–Trinajstić information content (AvgIpc) is 2.53. The van der Waals surface area contributed by atoms with Crippen LogP contribution >= 0.6 is 11.3 Å². The van der Waals surface area contributed by atoms with Gasteiger partial charge in [-0.1, -0.05) is 6.92 Å². The molecule has 1 aromatic rings. The van der Waals surface area contributed by atoms with Gasteiger partial charge >= 0.3 is 5.97 Å². The third-order valence-electron chi connectivity index (χ3n) is 1.77. The zero-order valence-electron chi connectivity index (χ0n) is 8.36.